The molecular formula is C20H24ClN3O2. The Kier molecular flexibility index (Phi) is 5.89. The molecule has 1 saturated heterocycles. The van der Waals surface area contributed by atoms with Gasteiger partial charge in [-0.1, -0.05) is 29.8 Å². The van der Waals surface area contributed by atoms with Gasteiger partial charge in [-0.05, 0) is 44.2 Å². The number of para-hydroxylation sites is 2. The molecule has 1 fully saturated rings. The number of halogens is 1. The van der Waals surface area contributed by atoms with Crippen LogP contribution in [0, 0.1) is 0 Å². The topological polar surface area (TPSA) is 44.8 Å². The highest BCUT2D eigenvalue weighted by Gasteiger charge is 2.22. The van der Waals surface area contributed by atoms with Gasteiger partial charge in [0.05, 0.1) is 11.8 Å². The van der Waals surface area contributed by atoms with Gasteiger partial charge in [0.2, 0.25) is 0 Å². The predicted molar refractivity (Wildman–Crippen MR) is 106 cm³/mol. The molecule has 2 amide bonds. The van der Waals surface area contributed by atoms with E-state index in [0.717, 1.165) is 23.8 Å². The van der Waals surface area contributed by atoms with Gasteiger partial charge in [0, 0.05) is 36.9 Å². The molecule has 1 heterocycles. The Morgan fingerprint density at radius 2 is 1.81 bits per heavy atom. The number of carbonyl (C=O) groups excluding carboxylic acids is 1. The molecule has 0 atom stereocenters. The Balaban J connectivity index is 1.59. The van der Waals surface area contributed by atoms with Crippen molar-refractivity contribution in [3.8, 4) is 5.75 Å². The SMILES string of the molecule is CC(C)Oc1ccccc1NC(=O)N1CCN(c2cccc(Cl)c2)CC1. The number of nitrogens with one attached hydrogen (secondary N) is 1. The Morgan fingerprint density at radius 3 is 2.50 bits per heavy atom. The van der Waals surface area contributed by atoms with E-state index in [1.54, 1.807) is 0 Å². The van der Waals surface area contributed by atoms with Crippen LogP contribution in [-0.2, 0) is 0 Å². The minimum absolute atomic E-state index is 0.0503. The molecule has 1 aliphatic rings. The molecule has 0 bridgehead atoms. The van der Waals surface area contributed by atoms with Gasteiger partial charge in [-0.2, -0.15) is 0 Å². The molecule has 1 N–H and O–H groups in total. The fraction of sp³-hybridized carbons (Fsp3) is 0.350. The standard InChI is InChI=1S/C20H24ClN3O2/c1-15(2)26-19-9-4-3-8-18(19)22-20(25)24-12-10-23(11-13-24)17-7-5-6-16(21)14-17/h3-9,14-15H,10-13H2,1-2H3,(H,22,25). The van der Waals surface area contributed by atoms with E-state index in [0.29, 0.717) is 24.5 Å². The first kappa shape index (κ1) is 18.4. The lowest BCUT2D eigenvalue weighted by Gasteiger charge is -2.36. The molecule has 0 spiro atoms. The molecular weight excluding hydrogens is 350 g/mol. The van der Waals surface area contributed by atoms with Crippen LogP contribution in [0.2, 0.25) is 5.02 Å². The van der Waals surface area contributed by atoms with Crippen LogP contribution in [0.25, 0.3) is 0 Å². The Hall–Kier alpha value is -2.40. The maximum atomic E-state index is 12.6. The van der Waals surface area contributed by atoms with Gasteiger partial charge in [0.15, 0.2) is 0 Å². The molecule has 5 nitrogen and oxygen atoms in total. The van der Waals surface area contributed by atoms with Crippen LogP contribution >= 0.6 is 11.6 Å². The second-order valence-electron chi connectivity index (χ2n) is 6.55. The summed E-state index contributed by atoms with van der Waals surface area (Å²) in [5.41, 5.74) is 1.79. The Bertz CT molecular complexity index is 758. The maximum Gasteiger partial charge on any atom is 0.322 e. The highest BCUT2D eigenvalue weighted by Crippen LogP contribution is 2.26. The zero-order valence-electron chi connectivity index (χ0n) is 15.1. The number of anilines is 2. The average Bonchev–Trinajstić information content (AvgIpc) is 2.63. The fourth-order valence-corrected chi connectivity index (χ4v) is 3.15. The first-order chi connectivity index (χ1) is 12.5. The third kappa shape index (κ3) is 4.61. The van der Waals surface area contributed by atoms with Crippen molar-refractivity contribution in [2.75, 3.05) is 36.4 Å². The number of carbonyl (C=O) groups is 1. The summed E-state index contributed by atoms with van der Waals surface area (Å²) >= 11 is 6.07. The van der Waals surface area contributed by atoms with Crippen LogP contribution in [-0.4, -0.2) is 43.2 Å². The van der Waals surface area contributed by atoms with E-state index in [1.165, 1.54) is 0 Å². The molecule has 6 heteroatoms. The van der Waals surface area contributed by atoms with Crippen LogP contribution in [0.15, 0.2) is 48.5 Å². The van der Waals surface area contributed by atoms with Crippen molar-refractivity contribution in [2.45, 2.75) is 20.0 Å². The van der Waals surface area contributed by atoms with E-state index in [2.05, 4.69) is 10.2 Å². The summed E-state index contributed by atoms with van der Waals surface area (Å²) in [6.07, 6.45) is 0.0503. The summed E-state index contributed by atoms with van der Waals surface area (Å²) in [5, 5.41) is 3.70. The molecule has 0 aromatic heterocycles. The van der Waals surface area contributed by atoms with E-state index in [-0.39, 0.29) is 12.1 Å². The molecule has 26 heavy (non-hydrogen) atoms. The van der Waals surface area contributed by atoms with Crippen molar-refractivity contribution < 1.29 is 9.53 Å². The lowest BCUT2D eigenvalue weighted by molar-refractivity contribution is 0.207. The molecule has 138 valence electrons. The van der Waals surface area contributed by atoms with Gasteiger partial charge in [0.25, 0.3) is 0 Å². The molecule has 2 aromatic carbocycles. The zero-order chi connectivity index (χ0) is 18.5. The van der Waals surface area contributed by atoms with Crippen LogP contribution in [0.1, 0.15) is 13.8 Å². The van der Waals surface area contributed by atoms with Crippen molar-refractivity contribution in [1.82, 2.24) is 4.90 Å². The summed E-state index contributed by atoms with van der Waals surface area (Å²) in [7, 11) is 0. The summed E-state index contributed by atoms with van der Waals surface area (Å²) in [5.74, 6) is 0.688. The third-order valence-corrected chi connectivity index (χ3v) is 4.47. The predicted octanol–water partition coefficient (Wildman–Crippen LogP) is 4.48. The van der Waals surface area contributed by atoms with Crippen molar-refractivity contribution in [2.24, 2.45) is 0 Å². The number of rotatable bonds is 4. The van der Waals surface area contributed by atoms with E-state index in [4.69, 9.17) is 16.3 Å². The Morgan fingerprint density at radius 1 is 1.08 bits per heavy atom. The Labute approximate surface area is 159 Å². The van der Waals surface area contributed by atoms with Crippen LogP contribution in [0.3, 0.4) is 0 Å². The van der Waals surface area contributed by atoms with Gasteiger partial charge < -0.3 is 19.9 Å². The number of nitrogens with zero attached hydrogens (tertiary/aromatic N) is 2. The highest BCUT2D eigenvalue weighted by atomic mass is 35.5. The number of benzene rings is 2. The first-order valence-electron chi connectivity index (χ1n) is 8.85. The maximum absolute atomic E-state index is 12.6. The van der Waals surface area contributed by atoms with Crippen molar-refractivity contribution in [1.29, 1.82) is 0 Å². The third-order valence-electron chi connectivity index (χ3n) is 4.23. The zero-order valence-corrected chi connectivity index (χ0v) is 15.9. The number of amides is 2. The van der Waals surface area contributed by atoms with Gasteiger partial charge in [-0.25, -0.2) is 4.79 Å². The number of urea groups is 1. The van der Waals surface area contributed by atoms with Crippen molar-refractivity contribution in [3.63, 3.8) is 0 Å². The second-order valence-corrected chi connectivity index (χ2v) is 6.98. The smallest absolute Gasteiger partial charge is 0.322 e. The minimum Gasteiger partial charge on any atom is -0.489 e. The lowest BCUT2D eigenvalue weighted by atomic mass is 10.2. The molecule has 1 aliphatic heterocycles. The van der Waals surface area contributed by atoms with E-state index in [1.807, 2.05) is 67.3 Å². The quantitative estimate of drug-likeness (QED) is 0.859. The summed E-state index contributed by atoms with van der Waals surface area (Å²) < 4.78 is 5.77. The summed E-state index contributed by atoms with van der Waals surface area (Å²) in [4.78, 5) is 16.7. The van der Waals surface area contributed by atoms with E-state index in [9.17, 15) is 4.79 Å². The van der Waals surface area contributed by atoms with Crippen LogP contribution in [0.4, 0.5) is 16.2 Å². The van der Waals surface area contributed by atoms with Crippen molar-refractivity contribution >= 4 is 29.0 Å². The van der Waals surface area contributed by atoms with Gasteiger partial charge in [-0.3, -0.25) is 0 Å². The average molecular weight is 374 g/mol. The monoisotopic (exact) mass is 373 g/mol. The van der Waals surface area contributed by atoms with Gasteiger partial charge in [0.1, 0.15) is 5.75 Å². The summed E-state index contributed by atoms with van der Waals surface area (Å²) in [6, 6.07) is 15.2. The number of hydrogen-bond acceptors (Lipinski definition) is 3. The molecule has 0 saturated carbocycles. The fourth-order valence-electron chi connectivity index (χ4n) is 2.96. The van der Waals surface area contributed by atoms with E-state index < -0.39 is 0 Å². The molecule has 0 unspecified atom stereocenters. The van der Waals surface area contributed by atoms with Crippen LogP contribution < -0.4 is 15.0 Å². The molecule has 2 aromatic rings. The van der Waals surface area contributed by atoms with Crippen molar-refractivity contribution in [3.05, 3.63) is 53.6 Å². The lowest BCUT2D eigenvalue weighted by Crippen LogP contribution is -2.50. The molecule has 0 aliphatic carbocycles. The molecule has 0 radical (unpaired) electrons. The highest BCUT2D eigenvalue weighted by molar-refractivity contribution is 6.30. The largest absolute Gasteiger partial charge is 0.489 e. The normalized spacial score (nSPS) is 14.5. The molecule has 3 rings (SSSR count). The summed E-state index contributed by atoms with van der Waals surface area (Å²) in [6.45, 7) is 6.80. The van der Waals surface area contributed by atoms with Gasteiger partial charge in [-0.15, -0.1) is 0 Å². The van der Waals surface area contributed by atoms with Gasteiger partial charge >= 0.3 is 6.03 Å². The van der Waals surface area contributed by atoms with E-state index >= 15 is 0 Å². The first-order valence-corrected chi connectivity index (χ1v) is 9.23. The minimum atomic E-state index is -0.101. The number of piperazine rings is 1. The number of ether oxygens (including phenoxy) is 1. The van der Waals surface area contributed by atoms with Crippen LogP contribution in [0.5, 0.6) is 5.75 Å². The number of hydrogen-bond donors (Lipinski definition) is 1. The second kappa shape index (κ2) is 8.32.